The first kappa shape index (κ1) is 16.1. The molecule has 2 fully saturated rings. The lowest BCUT2D eigenvalue weighted by molar-refractivity contribution is -0.141. The number of fused-ring (bicyclic) bond motifs is 2. The molecule has 2 aromatic heterocycles. The molecule has 0 radical (unpaired) electrons. The van der Waals surface area contributed by atoms with Gasteiger partial charge in [0.1, 0.15) is 11.6 Å². The van der Waals surface area contributed by atoms with Gasteiger partial charge in [-0.05, 0) is 45.1 Å². The van der Waals surface area contributed by atoms with Gasteiger partial charge in [0.15, 0.2) is 5.65 Å². The van der Waals surface area contributed by atoms with Gasteiger partial charge in [-0.3, -0.25) is 4.79 Å². The second-order valence-corrected chi connectivity index (χ2v) is 7.25. The smallest absolute Gasteiger partial charge is 0.326 e. The standard InChI is InChI=1S/C18H22N4O3/c1-10-7-11(2)22-16(20-10)13(9-19-22)17(23)21-14-6-4-3-5-12(14)8-15(21)18(24)25/h7,9,12,14-15H,3-6,8H2,1-2H3,(H,24,25)/t12-,14-,15-/m0/s1. The van der Waals surface area contributed by atoms with Crippen LogP contribution in [0, 0.1) is 19.8 Å². The van der Waals surface area contributed by atoms with Gasteiger partial charge < -0.3 is 10.0 Å². The molecule has 132 valence electrons. The predicted molar refractivity (Wildman–Crippen MR) is 90.4 cm³/mol. The molecule has 3 heterocycles. The summed E-state index contributed by atoms with van der Waals surface area (Å²) < 4.78 is 1.64. The molecule has 7 nitrogen and oxygen atoms in total. The van der Waals surface area contributed by atoms with Crippen LogP contribution in [-0.4, -0.2) is 48.6 Å². The van der Waals surface area contributed by atoms with E-state index in [-0.39, 0.29) is 17.9 Å². The number of hydrogen-bond donors (Lipinski definition) is 1. The first-order valence-corrected chi connectivity index (χ1v) is 8.85. The maximum atomic E-state index is 13.3. The molecule has 1 saturated carbocycles. The summed E-state index contributed by atoms with van der Waals surface area (Å²) in [6, 6.07) is 1.17. The lowest BCUT2D eigenvalue weighted by Gasteiger charge is -2.32. The van der Waals surface area contributed by atoms with E-state index in [0.717, 1.165) is 37.1 Å². The molecule has 2 aromatic rings. The second-order valence-electron chi connectivity index (χ2n) is 7.25. The van der Waals surface area contributed by atoms with E-state index in [9.17, 15) is 14.7 Å². The maximum absolute atomic E-state index is 13.3. The Bertz CT molecular complexity index is 859. The summed E-state index contributed by atoms with van der Waals surface area (Å²) in [4.78, 5) is 31.1. The Morgan fingerprint density at radius 1 is 1.24 bits per heavy atom. The number of aliphatic carboxylic acids is 1. The lowest BCUT2D eigenvalue weighted by atomic mass is 9.84. The van der Waals surface area contributed by atoms with Gasteiger partial charge in [-0.1, -0.05) is 12.8 Å². The third-order valence-electron chi connectivity index (χ3n) is 5.62. The van der Waals surface area contributed by atoms with Crippen molar-refractivity contribution in [3.63, 3.8) is 0 Å². The highest BCUT2D eigenvalue weighted by atomic mass is 16.4. The summed E-state index contributed by atoms with van der Waals surface area (Å²) in [7, 11) is 0. The number of aromatic nitrogens is 3. The largest absolute Gasteiger partial charge is 0.480 e. The molecule has 2 aliphatic rings. The lowest BCUT2D eigenvalue weighted by Crippen LogP contribution is -2.46. The fourth-order valence-corrected chi connectivity index (χ4v) is 4.53. The zero-order chi connectivity index (χ0) is 17.7. The maximum Gasteiger partial charge on any atom is 0.326 e. The van der Waals surface area contributed by atoms with Crippen LogP contribution < -0.4 is 0 Å². The summed E-state index contributed by atoms with van der Waals surface area (Å²) in [5.74, 6) is -0.883. The summed E-state index contributed by atoms with van der Waals surface area (Å²) in [5.41, 5.74) is 2.61. The van der Waals surface area contributed by atoms with Gasteiger partial charge in [0.2, 0.25) is 0 Å². The molecule has 7 heteroatoms. The van der Waals surface area contributed by atoms with Crippen LogP contribution in [0.25, 0.3) is 5.65 Å². The van der Waals surface area contributed by atoms with Crippen molar-refractivity contribution in [2.45, 2.75) is 58.0 Å². The summed E-state index contributed by atoms with van der Waals surface area (Å²) >= 11 is 0. The Kier molecular flexibility index (Phi) is 3.74. The topological polar surface area (TPSA) is 87.8 Å². The fourth-order valence-electron chi connectivity index (χ4n) is 4.53. The van der Waals surface area contributed by atoms with Crippen LogP contribution in [0.5, 0.6) is 0 Å². The zero-order valence-electron chi connectivity index (χ0n) is 14.5. The van der Waals surface area contributed by atoms with Crippen molar-refractivity contribution in [1.29, 1.82) is 0 Å². The number of carboxylic acid groups (broad SMARTS) is 1. The van der Waals surface area contributed by atoms with Crippen LogP contribution in [0.2, 0.25) is 0 Å². The highest BCUT2D eigenvalue weighted by Crippen LogP contribution is 2.40. The van der Waals surface area contributed by atoms with E-state index in [2.05, 4.69) is 10.1 Å². The number of carbonyl (C=O) groups excluding carboxylic acids is 1. The van der Waals surface area contributed by atoms with Crippen LogP contribution >= 0.6 is 0 Å². The van der Waals surface area contributed by atoms with E-state index in [1.807, 2.05) is 19.9 Å². The van der Waals surface area contributed by atoms with Gasteiger partial charge in [0, 0.05) is 17.4 Å². The molecule has 0 spiro atoms. The molecule has 4 rings (SSSR count). The second kappa shape index (κ2) is 5.82. The molecule has 1 aliphatic carbocycles. The number of carboxylic acids is 1. The summed E-state index contributed by atoms with van der Waals surface area (Å²) in [6.07, 6.45) is 6.12. The van der Waals surface area contributed by atoms with Crippen molar-refractivity contribution in [1.82, 2.24) is 19.5 Å². The van der Waals surface area contributed by atoms with Crippen molar-refractivity contribution in [3.8, 4) is 0 Å². The number of aryl methyl sites for hydroxylation is 2. The van der Waals surface area contributed by atoms with Gasteiger partial charge in [-0.15, -0.1) is 0 Å². The molecule has 0 aromatic carbocycles. The molecular weight excluding hydrogens is 320 g/mol. The Morgan fingerprint density at radius 2 is 2.00 bits per heavy atom. The van der Waals surface area contributed by atoms with E-state index in [1.54, 1.807) is 9.42 Å². The molecule has 1 amide bonds. The van der Waals surface area contributed by atoms with Crippen LogP contribution in [0.3, 0.4) is 0 Å². The van der Waals surface area contributed by atoms with E-state index in [1.165, 1.54) is 6.20 Å². The normalized spacial score (nSPS) is 26.0. The molecule has 3 atom stereocenters. The number of carbonyl (C=O) groups is 2. The molecule has 1 aliphatic heterocycles. The number of hydrogen-bond acceptors (Lipinski definition) is 4. The van der Waals surface area contributed by atoms with Crippen molar-refractivity contribution < 1.29 is 14.7 Å². The minimum absolute atomic E-state index is 0.0169. The fraction of sp³-hybridized carbons (Fsp3) is 0.556. The molecule has 1 N–H and O–H groups in total. The molecule has 0 unspecified atom stereocenters. The average Bonchev–Trinajstić information content (AvgIpc) is 3.15. The number of rotatable bonds is 2. The quantitative estimate of drug-likeness (QED) is 0.904. The summed E-state index contributed by atoms with van der Waals surface area (Å²) in [6.45, 7) is 3.79. The van der Waals surface area contributed by atoms with Gasteiger partial charge >= 0.3 is 5.97 Å². The monoisotopic (exact) mass is 342 g/mol. The molecule has 0 bridgehead atoms. The molecular formula is C18H22N4O3. The van der Waals surface area contributed by atoms with Crippen molar-refractivity contribution in [2.24, 2.45) is 5.92 Å². The molecule has 25 heavy (non-hydrogen) atoms. The first-order valence-electron chi connectivity index (χ1n) is 8.85. The van der Waals surface area contributed by atoms with E-state index < -0.39 is 12.0 Å². The van der Waals surface area contributed by atoms with Crippen LogP contribution in [0.15, 0.2) is 12.3 Å². The van der Waals surface area contributed by atoms with Gasteiger partial charge in [0.25, 0.3) is 5.91 Å². The highest BCUT2D eigenvalue weighted by Gasteiger charge is 2.48. The minimum atomic E-state index is -0.917. The van der Waals surface area contributed by atoms with Crippen molar-refractivity contribution in [2.75, 3.05) is 0 Å². The SMILES string of the molecule is Cc1cc(C)n2ncc(C(=O)N3[C@H](C(=O)O)C[C@@H]4CCCC[C@@H]43)c2n1. The third-order valence-corrected chi connectivity index (χ3v) is 5.62. The summed E-state index contributed by atoms with van der Waals surface area (Å²) in [5, 5.41) is 13.9. The van der Waals surface area contributed by atoms with Crippen LogP contribution in [-0.2, 0) is 4.79 Å². The van der Waals surface area contributed by atoms with Crippen molar-refractivity contribution >= 4 is 17.5 Å². The number of nitrogens with zero attached hydrogens (tertiary/aromatic N) is 4. The van der Waals surface area contributed by atoms with E-state index in [4.69, 9.17) is 0 Å². The van der Waals surface area contributed by atoms with E-state index in [0.29, 0.717) is 17.6 Å². The Labute approximate surface area is 145 Å². The van der Waals surface area contributed by atoms with Crippen LogP contribution in [0.4, 0.5) is 0 Å². The van der Waals surface area contributed by atoms with E-state index >= 15 is 0 Å². The highest BCUT2D eigenvalue weighted by molar-refractivity contribution is 6.01. The number of likely N-dealkylation sites (tertiary alicyclic amines) is 1. The Balaban J connectivity index is 1.77. The van der Waals surface area contributed by atoms with Gasteiger partial charge in [0.05, 0.1) is 6.20 Å². The first-order chi connectivity index (χ1) is 12.0. The van der Waals surface area contributed by atoms with Gasteiger partial charge in [-0.25, -0.2) is 14.3 Å². The van der Waals surface area contributed by atoms with Crippen LogP contribution in [0.1, 0.15) is 53.8 Å². The van der Waals surface area contributed by atoms with Crippen molar-refractivity contribution in [3.05, 3.63) is 29.2 Å². The Hall–Kier alpha value is -2.44. The van der Waals surface area contributed by atoms with Gasteiger partial charge in [-0.2, -0.15) is 5.10 Å². The zero-order valence-corrected chi connectivity index (χ0v) is 14.5. The third kappa shape index (κ3) is 2.49. The Morgan fingerprint density at radius 3 is 2.76 bits per heavy atom. The molecule has 1 saturated heterocycles. The minimum Gasteiger partial charge on any atom is -0.480 e. The predicted octanol–water partition coefficient (Wildman–Crippen LogP) is 2.20. The average molecular weight is 342 g/mol. The number of amides is 1.